The molecule has 0 spiro atoms. The molecule has 0 saturated carbocycles. The van der Waals surface area contributed by atoms with Crippen molar-refractivity contribution < 1.29 is 0 Å². The third kappa shape index (κ3) is 3.44. The standard InChI is InChI=1S/C18H17ClN6/c1-11-12(2)25(10-23-11)17-7-5-14(9-22-17)24-18(21-3)15-6-4-13(19)8-16(15)20/h4-10H,3,20H2,1-2H3. The Hall–Kier alpha value is -2.99. The van der Waals surface area contributed by atoms with E-state index in [-0.39, 0.29) is 0 Å². The van der Waals surface area contributed by atoms with E-state index in [4.69, 9.17) is 17.3 Å². The molecule has 0 atom stereocenters. The van der Waals surface area contributed by atoms with E-state index in [1.54, 1.807) is 30.7 Å². The lowest BCUT2D eigenvalue weighted by Crippen LogP contribution is -2.02. The maximum Gasteiger partial charge on any atom is 0.161 e. The molecule has 0 radical (unpaired) electrons. The quantitative estimate of drug-likeness (QED) is 0.441. The number of nitrogens with two attached hydrogens (primary N) is 1. The molecule has 0 aliphatic heterocycles. The Bertz CT molecular complexity index is 956. The summed E-state index contributed by atoms with van der Waals surface area (Å²) in [6.45, 7) is 7.53. The Kier molecular flexibility index (Phi) is 4.63. The maximum absolute atomic E-state index is 5.99. The van der Waals surface area contributed by atoms with Gasteiger partial charge in [-0.2, -0.15) is 0 Å². The van der Waals surface area contributed by atoms with Gasteiger partial charge in [-0.05, 0) is 50.9 Å². The second-order valence-corrected chi connectivity index (χ2v) is 5.92. The second-order valence-electron chi connectivity index (χ2n) is 5.49. The zero-order chi connectivity index (χ0) is 18.0. The molecule has 0 amide bonds. The van der Waals surface area contributed by atoms with E-state index >= 15 is 0 Å². The van der Waals surface area contributed by atoms with Gasteiger partial charge in [0.05, 0.1) is 17.6 Å². The number of halogens is 1. The topological polar surface area (TPSA) is 81.5 Å². The number of anilines is 1. The van der Waals surface area contributed by atoms with Crippen LogP contribution in [0.2, 0.25) is 5.02 Å². The Morgan fingerprint density at radius 2 is 2.00 bits per heavy atom. The van der Waals surface area contributed by atoms with Crippen molar-refractivity contribution in [3.05, 3.63) is 64.8 Å². The van der Waals surface area contributed by atoms with Gasteiger partial charge in [0.2, 0.25) is 0 Å². The van der Waals surface area contributed by atoms with Gasteiger partial charge >= 0.3 is 0 Å². The SMILES string of the molecule is C=NC(=Nc1ccc(-n2cnc(C)c2C)nc1)c1ccc(Cl)cc1N. The van der Waals surface area contributed by atoms with E-state index in [0.29, 0.717) is 27.8 Å². The van der Waals surface area contributed by atoms with Crippen LogP contribution in [0.3, 0.4) is 0 Å². The molecule has 3 rings (SSSR count). The molecule has 0 unspecified atom stereocenters. The van der Waals surface area contributed by atoms with E-state index in [1.807, 2.05) is 30.5 Å². The first-order valence-electron chi connectivity index (χ1n) is 7.57. The molecule has 0 fully saturated rings. The summed E-state index contributed by atoms with van der Waals surface area (Å²) in [5.41, 5.74) is 9.82. The zero-order valence-electron chi connectivity index (χ0n) is 13.9. The van der Waals surface area contributed by atoms with Crippen molar-refractivity contribution in [2.24, 2.45) is 9.98 Å². The largest absolute Gasteiger partial charge is 0.398 e. The molecule has 1 aromatic carbocycles. The van der Waals surface area contributed by atoms with Gasteiger partial charge in [-0.1, -0.05) is 11.6 Å². The van der Waals surface area contributed by atoms with Crippen molar-refractivity contribution in [3.8, 4) is 5.82 Å². The molecule has 2 heterocycles. The van der Waals surface area contributed by atoms with E-state index in [1.165, 1.54) is 0 Å². The summed E-state index contributed by atoms with van der Waals surface area (Å²) in [4.78, 5) is 17.2. The Balaban J connectivity index is 1.94. The third-order valence-corrected chi connectivity index (χ3v) is 4.11. The van der Waals surface area contributed by atoms with Crippen molar-refractivity contribution in [2.45, 2.75) is 13.8 Å². The minimum atomic E-state index is 0.415. The fraction of sp³-hybridized carbons (Fsp3) is 0.111. The van der Waals surface area contributed by atoms with Crippen LogP contribution in [-0.2, 0) is 0 Å². The van der Waals surface area contributed by atoms with Crippen LogP contribution in [0.1, 0.15) is 17.0 Å². The average Bonchev–Trinajstić information content (AvgIpc) is 2.93. The fourth-order valence-corrected chi connectivity index (χ4v) is 2.54. The van der Waals surface area contributed by atoms with Gasteiger partial charge in [0, 0.05) is 22.0 Å². The number of aromatic nitrogens is 3. The van der Waals surface area contributed by atoms with Gasteiger partial charge in [0.15, 0.2) is 5.84 Å². The highest BCUT2D eigenvalue weighted by molar-refractivity contribution is 6.31. The molecule has 7 heteroatoms. The minimum Gasteiger partial charge on any atom is -0.398 e. The Morgan fingerprint density at radius 1 is 1.20 bits per heavy atom. The van der Waals surface area contributed by atoms with Crippen LogP contribution in [0.25, 0.3) is 5.82 Å². The first-order valence-corrected chi connectivity index (χ1v) is 7.95. The lowest BCUT2D eigenvalue weighted by Gasteiger charge is -2.07. The number of nitrogen functional groups attached to an aromatic ring is 1. The first-order chi connectivity index (χ1) is 12.0. The Labute approximate surface area is 150 Å². The van der Waals surface area contributed by atoms with Crippen molar-refractivity contribution >= 4 is 35.5 Å². The van der Waals surface area contributed by atoms with Crippen LogP contribution in [0.4, 0.5) is 11.4 Å². The number of hydrogen-bond acceptors (Lipinski definition) is 4. The lowest BCUT2D eigenvalue weighted by atomic mass is 10.1. The summed E-state index contributed by atoms with van der Waals surface area (Å²) in [6.07, 6.45) is 3.42. The van der Waals surface area contributed by atoms with Crippen molar-refractivity contribution in [3.63, 3.8) is 0 Å². The third-order valence-electron chi connectivity index (χ3n) is 3.87. The molecule has 3 aromatic rings. The van der Waals surface area contributed by atoms with Gasteiger partial charge in [0.1, 0.15) is 12.1 Å². The van der Waals surface area contributed by atoms with Crippen molar-refractivity contribution in [2.75, 3.05) is 5.73 Å². The summed E-state index contributed by atoms with van der Waals surface area (Å²) >= 11 is 5.93. The van der Waals surface area contributed by atoms with Gasteiger partial charge in [-0.3, -0.25) is 4.57 Å². The number of aliphatic imine (C=N–C) groups is 2. The summed E-state index contributed by atoms with van der Waals surface area (Å²) in [6, 6.07) is 8.89. The van der Waals surface area contributed by atoms with Crippen LogP contribution < -0.4 is 5.73 Å². The fourth-order valence-electron chi connectivity index (χ4n) is 2.36. The second kappa shape index (κ2) is 6.86. The first kappa shape index (κ1) is 16.9. The zero-order valence-corrected chi connectivity index (χ0v) is 14.7. The molecule has 126 valence electrons. The molecule has 0 saturated heterocycles. The predicted octanol–water partition coefficient (Wildman–Crippen LogP) is 3.90. The maximum atomic E-state index is 5.99. The number of aryl methyl sites for hydroxylation is 1. The summed E-state index contributed by atoms with van der Waals surface area (Å²) in [7, 11) is 0. The van der Waals surface area contributed by atoms with Gasteiger partial charge in [-0.25, -0.2) is 20.0 Å². The summed E-state index contributed by atoms with van der Waals surface area (Å²) in [5.74, 6) is 1.19. The van der Waals surface area contributed by atoms with E-state index in [2.05, 4.69) is 26.7 Å². The average molecular weight is 353 g/mol. The smallest absolute Gasteiger partial charge is 0.161 e. The number of imidazole rings is 1. The van der Waals surface area contributed by atoms with Crippen molar-refractivity contribution in [1.29, 1.82) is 0 Å². The monoisotopic (exact) mass is 352 g/mol. The molecule has 25 heavy (non-hydrogen) atoms. The lowest BCUT2D eigenvalue weighted by molar-refractivity contribution is 0.950. The van der Waals surface area contributed by atoms with Crippen LogP contribution >= 0.6 is 11.6 Å². The highest BCUT2D eigenvalue weighted by Crippen LogP contribution is 2.22. The number of nitrogens with zero attached hydrogens (tertiary/aromatic N) is 5. The van der Waals surface area contributed by atoms with Gasteiger partial charge in [0.25, 0.3) is 0 Å². The highest BCUT2D eigenvalue weighted by Gasteiger charge is 2.08. The molecular formula is C18H17ClN6. The molecular weight excluding hydrogens is 336 g/mol. The Morgan fingerprint density at radius 3 is 2.56 bits per heavy atom. The molecule has 0 aliphatic rings. The van der Waals surface area contributed by atoms with E-state index < -0.39 is 0 Å². The van der Waals surface area contributed by atoms with Crippen molar-refractivity contribution in [1.82, 2.24) is 14.5 Å². The molecule has 2 aromatic heterocycles. The van der Waals surface area contributed by atoms with Crippen LogP contribution in [-0.4, -0.2) is 27.1 Å². The molecule has 0 aliphatic carbocycles. The highest BCUT2D eigenvalue weighted by atomic mass is 35.5. The van der Waals surface area contributed by atoms with Crippen LogP contribution in [0.5, 0.6) is 0 Å². The van der Waals surface area contributed by atoms with E-state index in [0.717, 1.165) is 17.2 Å². The summed E-state index contributed by atoms with van der Waals surface area (Å²) in [5, 5.41) is 0.557. The molecule has 6 nitrogen and oxygen atoms in total. The predicted molar refractivity (Wildman–Crippen MR) is 102 cm³/mol. The summed E-state index contributed by atoms with van der Waals surface area (Å²) < 4.78 is 1.92. The van der Waals surface area contributed by atoms with Gasteiger partial charge < -0.3 is 5.73 Å². The number of hydrogen-bond donors (Lipinski definition) is 1. The number of benzene rings is 1. The number of pyridine rings is 1. The minimum absolute atomic E-state index is 0.415. The van der Waals surface area contributed by atoms with Crippen LogP contribution in [0.15, 0.2) is 52.8 Å². The van der Waals surface area contributed by atoms with Crippen LogP contribution in [0, 0.1) is 13.8 Å². The number of amidine groups is 1. The van der Waals surface area contributed by atoms with Gasteiger partial charge in [-0.15, -0.1) is 0 Å². The number of rotatable bonds is 3. The van der Waals surface area contributed by atoms with E-state index in [9.17, 15) is 0 Å². The molecule has 0 bridgehead atoms. The molecule has 2 N–H and O–H groups in total. The normalized spacial score (nSPS) is 11.6.